The van der Waals surface area contributed by atoms with E-state index in [4.69, 9.17) is 18.9 Å². The zero-order chi connectivity index (χ0) is 36.3. The van der Waals surface area contributed by atoms with Gasteiger partial charge in [0, 0.05) is 25.8 Å². The molecule has 2 N–H and O–H groups in total. The van der Waals surface area contributed by atoms with Gasteiger partial charge in [0.2, 0.25) is 11.8 Å². The van der Waals surface area contributed by atoms with Crippen LogP contribution in [0, 0.1) is 17.8 Å². The fourth-order valence-electron chi connectivity index (χ4n) is 8.04. The van der Waals surface area contributed by atoms with Crippen LogP contribution in [0.5, 0.6) is 5.75 Å². The molecule has 0 aliphatic carbocycles. The van der Waals surface area contributed by atoms with Gasteiger partial charge in [-0.15, -0.1) is 0 Å². The number of anilines is 1. The zero-order valence-corrected chi connectivity index (χ0v) is 29.5. The van der Waals surface area contributed by atoms with Crippen molar-refractivity contribution in [2.24, 2.45) is 17.8 Å². The number of fused-ring (bicyclic) bond motifs is 2. The van der Waals surface area contributed by atoms with Crippen LogP contribution in [0.1, 0.15) is 44.8 Å². The standard InChI is InChI=1S/C39H47N3O9/c1-24(2)21-27(22-43)42-35-37(46)41(26-15-17-28(49-4)18-16-26)20-10-19-39(35)33(36(42)45)32-30(51-39)13-8-9-14-31(44)40-29(23-48-3)34(50-38(32)47)25-11-6-5-7-12-25/h5-8,10-13,15-19,24,27,29-30,32-35,43H,9,14,20-23H2,1-4H3,(H,40,44)/b13-8-/t27-,29+,30+,32-,33-,34+,35+,39-/m1/s1. The highest BCUT2D eigenvalue weighted by atomic mass is 16.6. The number of aliphatic hydroxyl groups excluding tert-OH is 1. The molecule has 0 aromatic heterocycles. The lowest BCUT2D eigenvalue weighted by molar-refractivity contribution is -0.163. The number of carbonyl (C=O) groups is 4. The molecule has 4 aliphatic heterocycles. The van der Waals surface area contributed by atoms with E-state index in [9.17, 15) is 24.3 Å². The molecule has 2 aromatic carbocycles. The molecule has 1 spiro atoms. The predicted octanol–water partition coefficient (Wildman–Crippen LogP) is 3.35. The highest BCUT2D eigenvalue weighted by molar-refractivity contribution is 6.05. The number of carbonyl (C=O) groups excluding carboxylic acids is 4. The summed E-state index contributed by atoms with van der Waals surface area (Å²) in [5, 5.41) is 13.7. The Morgan fingerprint density at radius 2 is 1.75 bits per heavy atom. The van der Waals surface area contributed by atoms with Crippen molar-refractivity contribution in [2.45, 2.75) is 69.0 Å². The number of amides is 3. The number of hydrogen-bond acceptors (Lipinski definition) is 9. The van der Waals surface area contributed by atoms with Gasteiger partial charge in [-0.25, -0.2) is 0 Å². The summed E-state index contributed by atoms with van der Waals surface area (Å²) in [7, 11) is 3.07. The average Bonchev–Trinajstić information content (AvgIpc) is 3.52. The van der Waals surface area contributed by atoms with E-state index in [1.807, 2.05) is 32.0 Å². The Balaban J connectivity index is 1.47. The molecule has 12 heteroatoms. The van der Waals surface area contributed by atoms with Crippen molar-refractivity contribution in [3.8, 4) is 5.75 Å². The molecular weight excluding hydrogens is 654 g/mol. The molecule has 0 unspecified atom stereocenters. The summed E-state index contributed by atoms with van der Waals surface area (Å²) < 4.78 is 24.0. The maximum atomic E-state index is 15.0. The highest BCUT2D eigenvalue weighted by Gasteiger charge is 2.72. The predicted molar refractivity (Wildman–Crippen MR) is 187 cm³/mol. The fourth-order valence-corrected chi connectivity index (χ4v) is 8.04. The smallest absolute Gasteiger partial charge is 0.313 e. The summed E-state index contributed by atoms with van der Waals surface area (Å²) in [6, 6.07) is 13.5. The van der Waals surface area contributed by atoms with Crippen LogP contribution in [-0.4, -0.2) is 97.5 Å². The number of likely N-dealkylation sites (tertiary alicyclic amines) is 1. The number of methoxy groups -OCH3 is 2. The third-order valence-electron chi connectivity index (χ3n) is 10.2. The zero-order valence-electron chi connectivity index (χ0n) is 29.5. The minimum Gasteiger partial charge on any atom is -0.497 e. The van der Waals surface area contributed by atoms with Crippen molar-refractivity contribution in [1.82, 2.24) is 10.2 Å². The van der Waals surface area contributed by atoms with Gasteiger partial charge in [-0.3, -0.25) is 19.2 Å². The molecule has 2 fully saturated rings. The van der Waals surface area contributed by atoms with E-state index in [0.29, 0.717) is 29.8 Å². The molecule has 272 valence electrons. The van der Waals surface area contributed by atoms with Gasteiger partial charge in [-0.1, -0.05) is 68.5 Å². The van der Waals surface area contributed by atoms with Crippen LogP contribution in [0.4, 0.5) is 5.69 Å². The van der Waals surface area contributed by atoms with Gasteiger partial charge < -0.3 is 39.2 Å². The Kier molecular flexibility index (Phi) is 10.9. The van der Waals surface area contributed by atoms with Gasteiger partial charge >= 0.3 is 5.97 Å². The molecule has 6 rings (SSSR count). The number of rotatable bonds is 9. The summed E-state index contributed by atoms with van der Waals surface area (Å²) in [6.07, 6.45) is 6.07. The first-order chi connectivity index (χ1) is 24.6. The lowest BCUT2D eigenvalue weighted by Gasteiger charge is -2.39. The van der Waals surface area contributed by atoms with Crippen LogP contribution in [0.25, 0.3) is 0 Å². The Morgan fingerprint density at radius 3 is 2.41 bits per heavy atom. The largest absolute Gasteiger partial charge is 0.497 e. The van der Waals surface area contributed by atoms with Crippen LogP contribution in [0.2, 0.25) is 0 Å². The molecule has 2 aromatic rings. The second-order valence-electron chi connectivity index (χ2n) is 14.0. The molecule has 4 heterocycles. The topological polar surface area (TPSA) is 144 Å². The third-order valence-corrected chi connectivity index (χ3v) is 10.2. The summed E-state index contributed by atoms with van der Waals surface area (Å²) in [5.74, 6) is -3.37. The highest BCUT2D eigenvalue weighted by Crippen LogP contribution is 2.54. The molecule has 3 amide bonds. The first-order valence-electron chi connectivity index (χ1n) is 17.6. The molecule has 4 aliphatic rings. The molecule has 51 heavy (non-hydrogen) atoms. The Hall–Kier alpha value is -4.52. The lowest BCUT2D eigenvalue weighted by atomic mass is 9.77. The van der Waals surface area contributed by atoms with Gasteiger partial charge in [0.15, 0.2) is 0 Å². The minimum absolute atomic E-state index is 0.0625. The monoisotopic (exact) mass is 701 g/mol. The van der Waals surface area contributed by atoms with Crippen LogP contribution < -0.4 is 15.0 Å². The number of benzene rings is 2. The molecule has 2 saturated heterocycles. The molecule has 0 saturated carbocycles. The number of ether oxygens (including phenoxy) is 4. The molecule has 8 atom stereocenters. The Morgan fingerprint density at radius 1 is 1.00 bits per heavy atom. The van der Waals surface area contributed by atoms with Crippen LogP contribution in [0.3, 0.4) is 0 Å². The summed E-state index contributed by atoms with van der Waals surface area (Å²) in [6.45, 7) is 3.84. The normalized spacial score (nSPS) is 30.7. The number of esters is 1. The van der Waals surface area contributed by atoms with E-state index in [0.717, 1.165) is 0 Å². The van der Waals surface area contributed by atoms with Crippen LogP contribution >= 0.6 is 0 Å². The molecule has 12 nitrogen and oxygen atoms in total. The second-order valence-corrected chi connectivity index (χ2v) is 14.0. The van der Waals surface area contributed by atoms with E-state index in [2.05, 4.69) is 5.32 Å². The number of hydrogen-bond donors (Lipinski definition) is 2. The van der Waals surface area contributed by atoms with E-state index in [1.54, 1.807) is 72.7 Å². The minimum atomic E-state index is -1.55. The van der Waals surface area contributed by atoms with E-state index in [-0.39, 0.29) is 38.0 Å². The Labute approximate surface area is 298 Å². The number of allylic oxidation sites excluding steroid dienone is 1. The van der Waals surface area contributed by atoms with Gasteiger partial charge in [0.05, 0.1) is 44.4 Å². The first-order valence-corrected chi connectivity index (χ1v) is 17.6. The number of nitrogens with zero attached hydrogens (tertiary/aromatic N) is 2. The maximum Gasteiger partial charge on any atom is 0.313 e. The summed E-state index contributed by atoms with van der Waals surface area (Å²) in [4.78, 5) is 60.6. The lowest BCUT2D eigenvalue weighted by Crippen LogP contribution is -2.58. The molecule has 0 radical (unpaired) electrons. The number of cyclic esters (lactones) is 1. The van der Waals surface area contributed by atoms with Crippen molar-refractivity contribution in [2.75, 3.05) is 38.9 Å². The fraction of sp³-hybridized carbons (Fsp3) is 0.487. The third kappa shape index (κ3) is 6.92. The van der Waals surface area contributed by atoms with Crippen molar-refractivity contribution in [3.63, 3.8) is 0 Å². The number of aliphatic hydroxyl groups is 1. The second kappa shape index (κ2) is 15.4. The number of nitrogens with one attached hydrogen (secondary N) is 1. The van der Waals surface area contributed by atoms with E-state index < -0.39 is 65.6 Å². The average molecular weight is 702 g/mol. The molecular formula is C39H47N3O9. The van der Waals surface area contributed by atoms with Crippen molar-refractivity contribution >= 4 is 29.4 Å². The summed E-state index contributed by atoms with van der Waals surface area (Å²) >= 11 is 0. The van der Waals surface area contributed by atoms with Gasteiger partial charge in [0.25, 0.3) is 5.91 Å². The van der Waals surface area contributed by atoms with Gasteiger partial charge in [-0.2, -0.15) is 0 Å². The molecule has 0 bridgehead atoms. The first kappa shape index (κ1) is 36.3. The van der Waals surface area contributed by atoms with Crippen LogP contribution in [-0.2, 0) is 33.4 Å². The SMILES string of the molecule is COC[C@@H]1NC(=O)CC/C=C\[C@@H]2O[C@@]34C=CCN(c5ccc(OC)cc5)C(=O)[C@@H]3N([C@@H](CO)CC(C)C)C(=O)[C@H]4[C@@H]2C(=O)O[C@H]1c1ccccc1. The summed E-state index contributed by atoms with van der Waals surface area (Å²) in [5.41, 5.74) is -0.320. The van der Waals surface area contributed by atoms with E-state index >= 15 is 0 Å². The van der Waals surface area contributed by atoms with Crippen molar-refractivity contribution < 1.29 is 43.2 Å². The van der Waals surface area contributed by atoms with Crippen molar-refractivity contribution in [1.29, 1.82) is 0 Å². The van der Waals surface area contributed by atoms with Gasteiger partial charge in [0.1, 0.15) is 29.4 Å². The van der Waals surface area contributed by atoms with E-state index in [1.165, 1.54) is 12.0 Å². The Bertz CT molecular complexity index is 1640. The quantitative estimate of drug-likeness (QED) is 0.297. The van der Waals surface area contributed by atoms with Crippen molar-refractivity contribution in [3.05, 3.63) is 84.5 Å². The van der Waals surface area contributed by atoms with Crippen LogP contribution in [0.15, 0.2) is 78.9 Å². The maximum absolute atomic E-state index is 15.0. The van der Waals surface area contributed by atoms with Gasteiger partial charge in [-0.05, 0) is 48.6 Å².